The summed E-state index contributed by atoms with van der Waals surface area (Å²) in [7, 11) is 4.22. The first-order valence-electron chi connectivity index (χ1n) is 4.42. The van der Waals surface area contributed by atoms with Crippen molar-refractivity contribution in [2.45, 2.75) is 6.42 Å². The number of nitrogens with zero attached hydrogens (tertiary/aromatic N) is 2. The summed E-state index contributed by atoms with van der Waals surface area (Å²) < 4.78 is 1.23. The molecule has 1 aromatic carbocycles. The number of hydrogen-bond donors (Lipinski definition) is 0. The molecule has 0 saturated heterocycles. The van der Waals surface area contributed by atoms with Crippen LogP contribution in [0.5, 0.6) is 0 Å². The maximum Gasteiger partial charge on any atom is 0.0562 e. The van der Waals surface area contributed by atoms with Gasteiger partial charge >= 0.3 is 0 Å². The van der Waals surface area contributed by atoms with Gasteiger partial charge in [0.05, 0.1) is 5.69 Å². The van der Waals surface area contributed by atoms with Gasteiger partial charge in [-0.1, -0.05) is 22.0 Å². The van der Waals surface area contributed by atoms with Crippen LogP contribution in [-0.4, -0.2) is 25.6 Å². The molecule has 3 heteroatoms. The number of rotatable bonds is 0. The minimum atomic E-state index is 1.09. The van der Waals surface area contributed by atoms with Gasteiger partial charge in [-0.25, -0.2) is 5.01 Å². The predicted octanol–water partition coefficient (Wildman–Crippen LogP) is 2.29. The molecule has 1 aliphatic rings. The monoisotopic (exact) mass is 240 g/mol. The highest BCUT2D eigenvalue weighted by molar-refractivity contribution is 9.10. The Balaban J connectivity index is 2.49. The van der Waals surface area contributed by atoms with Crippen molar-refractivity contribution >= 4 is 21.6 Å². The second-order valence-corrected chi connectivity index (χ2v) is 4.25. The van der Waals surface area contributed by atoms with Crippen molar-refractivity contribution in [2.24, 2.45) is 0 Å². The molecule has 0 atom stereocenters. The van der Waals surface area contributed by atoms with Gasteiger partial charge in [0.1, 0.15) is 0 Å². The van der Waals surface area contributed by atoms with E-state index in [0.29, 0.717) is 0 Å². The Labute approximate surface area is 87.2 Å². The third kappa shape index (κ3) is 1.46. The zero-order chi connectivity index (χ0) is 9.42. The van der Waals surface area contributed by atoms with E-state index in [1.165, 1.54) is 15.7 Å². The van der Waals surface area contributed by atoms with Crippen molar-refractivity contribution in [1.82, 2.24) is 5.01 Å². The third-order valence-electron chi connectivity index (χ3n) is 2.64. The first-order valence-corrected chi connectivity index (χ1v) is 5.21. The number of benzene rings is 1. The largest absolute Gasteiger partial charge is 0.309 e. The Morgan fingerprint density at radius 2 is 2.08 bits per heavy atom. The van der Waals surface area contributed by atoms with Crippen LogP contribution in [-0.2, 0) is 6.42 Å². The maximum atomic E-state index is 3.58. The van der Waals surface area contributed by atoms with E-state index in [0.717, 1.165) is 13.0 Å². The van der Waals surface area contributed by atoms with Crippen molar-refractivity contribution in [3.8, 4) is 0 Å². The molecule has 0 aliphatic carbocycles. The maximum absolute atomic E-state index is 3.58. The molecule has 0 aromatic heterocycles. The standard InChI is InChI=1S/C10H13BrN2/c1-12-7-6-8-9(11)4-3-5-10(8)13(12)2/h3-5H,6-7H2,1-2H3. The van der Waals surface area contributed by atoms with Crippen LogP contribution in [0.25, 0.3) is 0 Å². The molecular formula is C10H13BrN2. The Bertz CT molecular complexity index is 325. The molecule has 13 heavy (non-hydrogen) atoms. The lowest BCUT2D eigenvalue weighted by molar-refractivity contribution is 0.313. The van der Waals surface area contributed by atoms with Crippen molar-refractivity contribution in [3.05, 3.63) is 28.2 Å². The lowest BCUT2D eigenvalue weighted by Gasteiger charge is -2.36. The number of hydrazine groups is 1. The van der Waals surface area contributed by atoms with E-state index in [-0.39, 0.29) is 0 Å². The zero-order valence-electron chi connectivity index (χ0n) is 7.92. The number of halogens is 1. The molecule has 0 radical (unpaired) electrons. The zero-order valence-corrected chi connectivity index (χ0v) is 9.50. The van der Waals surface area contributed by atoms with Gasteiger partial charge in [-0.15, -0.1) is 0 Å². The van der Waals surface area contributed by atoms with Crippen LogP contribution in [0.4, 0.5) is 5.69 Å². The summed E-state index contributed by atoms with van der Waals surface area (Å²) in [6.45, 7) is 1.09. The first kappa shape index (κ1) is 9.03. The molecule has 0 amide bonds. The molecule has 0 N–H and O–H groups in total. The molecule has 2 nitrogen and oxygen atoms in total. The number of likely N-dealkylation sites (N-methyl/N-ethyl adjacent to an activating group) is 1. The summed E-state index contributed by atoms with van der Waals surface area (Å²) in [4.78, 5) is 0. The summed E-state index contributed by atoms with van der Waals surface area (Å²) in [5, 5.41) is 4.43. The van der Waals surface area contributed by atoms with E-state index in [1.807, 2.05) is 0 Å². The predicted molar refractivity (Wildman–Crippen MR) is 58.9 cm³/mol. The van der Waals surface area contributed by atoms with Crippen LogP contribution in [0.3, 0.4) is 0 Å². The molecule has 1 aromatic rings. The second kappa shape index (κ2) is 3.31. The Morgan fingerprint density at radius 3 is 2.85 bits per heavy atom. The van der Waals surface area contributed by atoms with Gasteiger partial charge < -0.3 is 5.01 Å². The third-order valence-corrected chi connectivity index (χ3v) is 3.38. The van der Waals surface area contributed by atoms with Gasteiger partial charge in [-0.3, -0.25) is 0 Å². The van der Waals surface area contributed by atoms with Crippen LogP contribution in [0, 0.1) is 0 Å². The minimum absolute atomic E-state index is 1.09. The van der Waals surface area contributed by atoms with Crippen molar-refractivity contribution < 1.29 is 0 Å². The number of anilines is 1. The average molecular weight is 241 g/mol. The fraction of sp³-hybridized carbons (Fsp3) is 0.400. The topological polar surface area (TPSA) is 6.48 Å². The van der Waals surface area contributed by atoms with Crippen molar-refractivity contribution in [2.75, 3.05) is 25.6 Å². The van der Waals surface area contributed by atoms with Crippen LogP contribution in [0.15, 0.2) is 22.7 Å². The quantitative estimate of drug-likeness (QED) is 0.687. The second-order valence-electron chi connectivity index (χ2n) is 3.39. The van der Waals surface area contributed by atoms with E-state index in [9.17, 15) is 0 Å². The van der Waals surface area contributed by atoms with E-state index < -0.39 is 0 Å². The summed E-state index contributed by atoms with van der Waals surface area (Å²) >= 11 is 3.58. The van der Waals surface area contributed by atoms with Crippen LogP contribution in [0.2, 0.25) is 0 Å². The lowest BCUT2D eigenvalue weighted by Crippen LogP contribution is -2.41. The van der Waals surface area contributed by atoms with E-state index >= 15 is 0 Å². The fourth-order valence-corrected chi connectivity index (χ4v) is 2.26. The summed E-state index contributed by atoms with van der Waals surface area (Å²) in [5.74, 6) is 0. The highest BCUT2D eigenvalue weighted by Gasteiger charge is 2.19. The molecule has 0 fully saturated rings. The van der Waals surface area contributed by atoms with E-state index in [2.05, 4.69) is 58.2 Å². The number of hydrogen-bond acceptors (Lipinski definition) is 2. The molecular weight excluding hydrogens is 228 g/mol. The van der Waals surface area contributed by atoms with Crippen LogP contribution < -0.4 is 5.01 Å². The van der Waals surface area contributed by atoms with Crippen molar-refractivity contribution in [3.63, 3.8) is 0 Å². The van der Waals surface area contributed by atoms with Gasteiger partial charge in [-0.2, -0.15) is 0 Å². The summed E-state index contributed by atoms with van der Waals surface area (Å²) in [6.07, 6.45) is 1.12. The highest BCUT2D eigenvalue weighted by atomic mass is 79.9. The Morgan fingerprint density at radius 1 is 1.31 bits per heavy atom. The molecule has 0 saturated carbocycles. The smallest absolute Gasteiger partial charge is 0.0562 e. The Kier molecular flexibility index (Phi) is 2.30. The van der Waals surface area contributed by atoms with Crippen LogP contribution >= 0.6 is 15.9 Å². The van der Waals surface area contributed by atoms with E-state index in [4.69, 9.17) is 0 Å². The Hall–Kier alpha value is -0.540. The highest BCUT2D eigenvalue weighted by Crippen LogP contribution is 2.31. The van der Waals surface area contributed by atoms with Gasteiger partial charge in [0.25, 0.3) is 0 Å². The molecule has 1 aliphatic heterocycles. The van der Waals surface area contributed by atoms with Crippen LogP contribution in [0.1, 0.15) is 5.56 Å². The summed E-state index contributed by atoms with van der Waals surface area (Å²) in [5.41, 5.74) is 2.73. The van der Waals surface area contributed by atoms with E-state index in [1.54, 1.807) is 0 Å². The van der Waals surface area contributed by atoms with Crippen molar-refractivity contribution in [1.29, 1.82) is 0 Å². The fourth-order valence-electron chi connectivity index (χ4n) is 1.71. The van der Waals surface area contributed by atoms with Gasteiger partial charge in [0, 0.05) is 25.1 Å². The SMILES string of the molecule is CN1CCc2c(Br)cccc2N1C. The molecule has 0 bridgehead atoms. The van der Waals surface area contributed by atoms with Gasteiger partial charge in [-0.05, 0) is 24.1 Å². The normalized spacial score (nSPS) is 17.3. The lowest BCUT2D eigenvalue weighted by atomic mass is 10.1. The molecule has 1 heterocycles. The number of fused-ring (bicyclic) bond motifs is 1. The molecule has 0 spiro atoms. The summed E-state index contributed by atoms with van der Waals surface area (Å²) in [6, 6.07) is 6.35. The minimum Gasteiger partial charge on any atom is -0.309 e. The van der Waals surface area contributed by atoms with Gasteiger partial charge in [0.15, 0.2) is 0 Å². The molecule has 0 unspecified atom stereocenters. The molecule has 2 rings (SSSR count). The molecule has 70 valence electrons. The van der Waals surface area contributed by atoms with Gasteiger partial charge in [0.2, 0.25) is 0 Å². The average Bonchev–Trinajstić information content (AvgIpc) is 2.12. The first-order chi connectivity index (χ1) is 6.20.